The summed E-state index contributed by atoms with van der Waals surface area (Å²) >= 11 is 0. The van der Waals surface area contributed by atoms with Crippen molar-refractivity contribution in [1.29, 1.82) is 5.26 Å². The van der Waals surface area contributed by atoms with Crippen LogP contribution in [0.2, 0.25) is 0 Å². The Morgan fingerprint density at radius 3 is 2.71 bits per heavy atom. The van der Waals surface area contributed by atoms with Crippen LogP contribution in [0.5, 0.6) is 5.75 Å². The molecule has 4 atom stereocenters. The molecule has 0 aromatic heterocycles. The number of benzene rings is 2. The number of carbonyl (C=O) groups excluding carboxylic acids is 2. The quantitative estimate of drug-likeness (QED) is 0.694. The Balaban J connectivity index is 1.40. The summed E-state index contributed by atoms with van der Waals surface area (Å²) in [5.41, 5.74) is 8.11. The lowest BCUT2D eigenvalue weighted by Crippen LogP contribution is -2.52. The summed E-state index contributed by atoms with van der Waals surface area (Å²) in [6, 6.07) is 16.5. The van der Waals surface area contributed by atoms with Gasteiger partial charge in [0.25, 0.3) is 0 Å². The van der Waals surface area contributed by atoms with E-state index in [0.717, 1.165) is 16.9 Å². The molecule has 35 heavy (non-hydrogen) atoms. The summed E-state index contributed by atoms with van der Waals surface area (Å²) in [4.78, 5) is 32.6. The maximum atomic E-state index is 13.3. The smallest absolute Gasteiger partial charge is 0.232 e. The molecule has 3 aliphatic rings. The second-order valence-corrected chi connectivity index (χ2v) is 10.1. The fourth-order valence-corrected chi connectivity index (χ4v) is 5.26. The van der Waals surface area contributed by atoms with E-state index in [2.05, 4.69) is 16.4 Å². The molecule has 2 heterocycles. The summed E-state index contributed by atoms with van der Waals surface area (Å²) in [7, 11) is 0. The van der Waals surface area contributed by atoms with Crippen molar-refractivity contribution in [3.8, 4) is 11.8 Å². The van der Waals surface area contributed by atoms with Crippen molar-refractivity contribution in [3.05, 3.63) is 65.2 Å². The Hall–Kier alpha value is -3.86. The molecule has 0 bridgehead atoms. The van der Waals surface area contributed by atoms with Gasteiger partial charge in [-0.1, -0.05) is 30.3 Å². The molecule has 2 aliphatic heterocycles. The minimum absolute atomic E-state index is 0.0318. The number of nitrogens with two attached hydrogens (primary N) is 1. The molecule has 2 aromatic carbocycles. The molecule has 8 heteroatoms. The molecule has 1 unspecified atom stereocenters. The zero-order valence-electron chi connectivity index (χ0n) is 19.9. The number of hydrogen-bond acceptors (Lipinski definition) is 6. The van der Waals surface area contributed by atoms with E-state index in [-0.39, 0.29) is 42.1 Å². The molecule has 2 amide bonds. The van der Waals surface area contributed by atoms with Gasteiger partial charge in [-0.25, -0.2) is 4.99 Å². The predicted octanol–water partition coefficient (Wildman–Crippen LogP) is 3.20. The molecule has 0 spiro atoms. The zero-order chi connectivity index (χ0) is 24.7. The van der Waals surface area contributed by atoms with Gasteiger partial charge in [0.1, 0.15) is 5.75 Å². The van der Waals surface area contributed by atoms with E-state index >= 15 is 0 Å². The van der Waals surface area contributed by atoms with Gasteiger partial charge in [-0.2, -0.15) is 5.26 Å². The van der Waals surface area contributed by atoms with Crippen LogP contribution >= 0.6 is 0 Å². The SMILES string of the molecule is CC1(C)CC(=O)N(C(c2ccc(C#N)cc2)[C@@H]2C[C@H]2C(=O)N[C@H]2CCOc3ccccc32)C(N)=N1. The number of nitriles is 1. The topological polar surface area (TPSA) is 121 Å². The first-order valence-corrected chi connectivity index (χ1v) is 12.0. The zero-order valence-corrected chi connectivity index (χ0v) is 19.9. The van der Waals surface area contributed by atoms with Gasteiger partial charge in [0.05, 0.1) is 42.3 Å². The van der Waals surface area contributed by atoms with Crippen LogP contribution in [0, 0.1) is 23.2 Å². The molecule has 5 rings (SSSR count). The van der Waals surface area contributed by atoms with Crippen LogP contribution in [0.3, 0.4) is 0 Å². The Morgan fingerprint density at radius 2 is 2.00 bits per heavy atom. The lowest BCUT2D eigenvalue weighted by atomic mass is 9.93. The predicted molar refractivity (Wildman–Crippen MR) is 130 cm³/mol. The van der Waals surface area contributed by atoms with Crippen LogP contribution in [-0.2, 0) is 9.59 Å². The van der Waals surface area contributed by atoms with Crippen LogP contribution in [-0.4, -0.2) is 34.8 Å². The number of nitrogens with one attached hydrogen (secondary N) is 1. The van der Waals surface area contributed by atoms with Gasteiger partial charge in [0.2, 0.25) is 11.8 Å². The molecule has 8 nitrogen and oxygen atoms in total. The van der Waals surface area contributed by atoms with Gasteiger partial charge in [-0.05, 0) is 49.9 Å². The lowest BCUT2D eigenvalue weighted by Gasteiger charge is -2.38. The molecule has 0 radical (unpaired) electrons. The van der Waals surface area contributed by atoms with E-state index in [4.69, 9.17) is 10.5 Å². The highest BCUT2D eigenvalue weighted by atomic mass is 16.5. The summed E-state index contributed by atoms with van der Waals surface area (Å²) in [6.07, 6.45) is 1.59. The highest BCUT2D eigenvalue weighted by Crippen LogP contribution is 2.51. The number of nitrogens with zero attached hydrogens (tertiary/aromatic N) is 3. The molecule has 3 N–H and O–H groups in total. The normalized spacial score (nSPS) is 25.4. The van der Waals surface area contributed by atoms with E-state index < -0.39 is 11.6 Å². The van der Waals surface area contributed by atoms with Crippen LogP contribution in [0.1, 0.15) is 61.9 Å². The van der Waals surface area contributed by atoms with Crippen LogP contribution in [0.4, 0.5) is 0 Å². The van der Waals surface area contributed by atoms with Crippen molar-refractivity contribution in [2.45, 2.75) is 50.7 Å². The number of aliphatic imine (C=N–C) groups is 1. The third-order valence-corrected chi connectivity index (χ3v) is 7.03. The van der Waals surface area contributed by atoms with E-state index in [0.29, 0.717) is 25.0 Å². The van der Waals surface area contributed by atoms with Crippen molar-refractivity contribution < 1.29 is 14.3 Å². The van der Waals surface area contributed by atoms with Gasteiger partial charge in [0.15, 0.2) is 5.96 Å². The van der Waals surface area contributed by atoms with Crippen LogP contribution in [0.25, 0.3) is 0 Å². The second kappa shape index (κ2) is 8.73. The third-order valence-electron chi connectivity index (χ3n) is 7.03. The molecule has 1 fully saturated rings. The number of ether oxygens (including phenoxy) is 1. The third kappa shape index (κ3) is 4.46. The van der Waals surface area contributed by atoms with Gasteiger partial charge in [0, 0.05) is 17.9 Å². The van der Waals surface area contributed by atoms with Crippen molar-refractivity contribution in [1.82, 2.24) is 10.2 Å². The summed E-state index contributed by atoms with van der Waals surface area (Å²) in [5, 5.41) is 12.4. The lowest BCUT2D eigenvalue weighted by molar-refractivity contribution is -0.132. The number of carbonyl (C=O) groups is 2. The maximum absolute atomic E-state index is 13.3. The fraction of sp³-hybridized carbons (Fsp3) is 0.407. The highest BCUT2D eigenvalue weighted by Gasteiger charge is 2.53. The summed E-state index contributed by atoms with van der Waals surface area (Å²) in [5.74, 6) is 0.484. The Morgan fingerprint density at radius 1 is 1.26 bits per heavy atom. The first-order valence-electron chi connectivity index (χ1n) is 12.0. The van der Waals surface area contributed by atoms with Crippen molar-refractivity contribution in [2.75, 3.05) is 6.61 Å². The Kier molecular flexibility index (Phi) is 5.72. The number of amides is 2. The first kappa shape index (κ1) is 22.9. The molecule has 1 saturated carbocycles. The van der Waals surface area contributed by atoms with Gasteiger partial charge in [-0.3, -0.25) is 14.5 Å². The van der Waals surface area contributed by atoms with Gasteiger partial charge in [-0.15, -0.1) is 0 Å². The second-order valence-electron chi connectivity index (χ2n) is 10.1. The minimum atomic E-state index is -0.566. The van der Waals surface area contributed by atoms with Crippen LogP contribution in [0.15, 0.2) is 53.5 Å². The highest BCUT2D eigenvalue weighted by molar-refractivity contribution is 5.99. The Labute approximate surface area is 204 Å². The van der Waals surface area contributed by atoms with Crippen LogP contribution < -0.4 is 15.8 Å². The number of fused-ring (bicyclic) bond motifs is 1. The monoisotopic (exact) mass is 471 g/mol. The number of hydrogen-bond donors (Lipinski definition) is 2. The van der Waals surface area contributed by atoms with Crippen molar-refractivity contribution in [2.24, 2.45) is 22.6 Å². The summed E-state index contributed by atoms with van der Waals surface area (Å²) < 4.78 is 5.72. The van der Waals surface area contributed by atoms with Crippen molar-refractivity contribution in [3.63, 3.8) is 0 Å². The number of guanidine groups is 1. The maximum Gasteiger partial charge on any atom is 0.232 e. The molecule has 2 aromatic rings. The van der Waals surface area contributed by atoms with E-state index in [1.54, 1.807) is 17.0 Å². The first-order chi connectivity index (χ1) is 16.8. The van der Waals surface area contributed by atoms with Crippen molar-refractivity contribution >= 4 is 17.8 Å². The average molecular weight is 472 g/mol. The van der Waals surface area contributed by atoms with E-state index in [9.17, 15) is 14.9 Å². The number of rotatable bonds is 5. The fourth-order valence-electron chi connectivity index (χ4n) is 5.26. The molecular weight excluding hydrogens is 442 g/mol. The average Bonchev–Trinajstić information content (AvgIpc) is 3.62. The summed E-state index contributed by atoms with van der Waals surface area (Å²) in [6.45, 7) is 4.31. The van der Waals surface area contributed by atoms with Gasteiger partial charge >= 0.3 is 0 Å². The number of para-hydroxylation sites is 1. The molecule has 0 saturated heterocycles. The minimum Gasteiger partial charge on any atom is -0.493 e. The Bertz CT molecular complexity index is 1230. The van der Waals surface area contributed by atoms with E-state index in [1.807, 2.05) is 50.2 Å². The molecule has 1 aliphatic carbocycles. The molecule has 180 valence electrons. The standard InChI is InChI=1S/C27H29N5O3/c1-27(2)14-23(33)32(26(29)31-27)24(17-9-7-16(15-28)8-10-17)19-13-20(19)25(34)30-21-11-12-35-22-6-4-3-5-18(21)22/h3-10,19-21,24H,11-14H2,1-2H3,(H2,29,31)(H,30,34)/t19-,20-,21+,24?/m1/s1. The van der Waals surface area contributed by atoms with E-state index in [1.165, 1.54) is 0 Å². The molecular formula is C27H29N5O3. The largest absolute Gasteiger partial charge is 0.493 e. The van der Waals surface area contributed by atoms with Gasteiger partial charge < -0.3 is 15.8 Å².